The Morgan fingerprint density at radius 1 is 0.882 bits per heavy atom. The minimum absolute atomic E-state index is 1.37. The third-order valence-corrected chi connectivity index (χ3v) is 14.3. The molecule has 1 unspecified atom stereocenters. The molecule has 0 saturated carbocycles. The van der Waals surface area contributed by atoms with Gasteiger partial charge in [0.2, 0.25) is 0 Å². The van der Waals surface area contributed by atoms with Gasteiger partial charge in [-0.2, -0.15) is 0 Å². The predicted octanol–water partition coefficient (Wildman–Crippen LogP) is 3.49. The van der Waals surface area contributed by atoms with E-state index in [1.165, 1.54) is 19.5 Å². The maximum absolute atomic E-state index is 3.51. The van der Waals surface area contributed by atoms with Gasteiger partial charge in [-0.3, -0.25) is 0 Å². The Hall–Kier alpha value is -0.141. The summed E-state index contributed by atoms with van der Waals surface area (Å²) in [6.07, 6.45) is 2.31. The van der Waals surface area contributed by atoms with Crippen LogP contribution >= 0.6 is 28.1 Å². The summed E-state index contributed by atoms with van der Waals surface area (Å²) in [6, 6.07) is 19.5. The average molecular weight is 415 g/mol. The van der Waals surface area contributed by atoms with Gasteiger partial charge in [-0.15, -0.1) is 0 Å². The molecule has 0 bridgehead atoms. The maximum atomic E-state index is 3.51. The molecule has 0 fully saturated rings. The second-order valence-electron chi connectivity index (χ2n) is 3.97. The van der Waals surface area contributed by atoms with Crippen molar-refractivity contribution in [2.24, 2.45) is 0 Å². The topological polar surface area (TPSA) is 0 Å². The van der Waals surface area contributed by atoms with Crippen LogP contribution in [0.1, 0.15) is 5.56 Å². The Bertz CT molecular complexity index is 646. The zero-order valence-corrected chi connectivity index (χ0v) is 13.8. The van der Waals surface area contributed by atoms with E-state index in [0.29, 0.717) is 0 Å². The second-order valence-corrected chi connectivity index (χ2v) is 12.1. The van der Waals surface area contributed by atoms with Crippen molar-refractivity contribution in [2.75, 3.05) is 0 Å². The minimum atomic E-state index is -1.43. The van der Waals surface area contributed by atoms with Gasteiger partial charge in [0, 0.05) is 0 Å². The zero-order chi connectivity index (χ0) is 11.9. The SMILES string of the molecule is [Se]=P1(c2ccccc2)C(I)=Cc2ccccc21. The molecule has 17 heavy (non-hydrogen) atoms. The Morgan fingerprint density at radius 2 is 1.53 bits per heavy atom. The Labute approximate surface area is 122 Å². The molecule has 0 saturated heterocycles. The van der Waals surface area contributed by atoms with Crippen LogP contribution in [-0.4, -0.2) is 15.1 Å². The first-order valence-corrected chi connectivity index (χ1v) is 10.4. The molecule has 0 aromatic heterocycles. The van der Waals surface area contributed by atoms with Gasteiger partial charge in [0.25, 0.3) is 0 Å². The normalized spacial score (nSPS) is 22.1. The summed E-state index contributed by atoms with van der Waals surface area (Å²) in [5.74, 6) is 0. The van der Waals surface area contributed by atoms with Gasteiger partial charge in [-0.1, -0.05) is 0 Å². The number of fused-ring (bicyclic) bond motifs is 1. The first-order chi connectivity index (χ1) is 8.23. The Balaban J connectivity index is 2.29. The molecular formula is C14H10IPSe. The van der Waals surface area contributed by atoms with Gasteiger partial charge in [0.05, 0.1) is 0 Å². The van der Waals surface area contributed by atoms with Crippen molar-refractivity contribution in [1.29, 1.82) is 0 Å². The summed E-state index contributed by atoms with van der Waals surface area (Å²) in [6.45, 7) is 0. The van der Waals surface area contributed by atoms with Crippen LogP contribution in [-0.2, 0) is 0 Å². The third kappa shape index (κ3) is 1.82. The van der Waals surface area contributed by atoms with Gasteiger partial charge in [0.15, 0.2) is 0 Å². The van der Waals surface area contributed by atoms with E-state index in [1.807, 2.05) is 0 Å². The van der Waals surface area contributed by atoms with Crippen molar-refractivity contribution >= 4 is 59.9 Å². The van der Waals surface area contributed by atoms with Crippen molar-refractivity contribution in [3.8, 4) is 0 Å². The quantitative estimate of drug-likeness (QED) is 0.380. The molecule has 0 amide bonds. The summed E-state index contributed by atoms with van der Waals surface area (Å²) in [4.78, 5) is 0. The van der Waals surface area contributed by atoms with Crippen LogP contribution in [0.5, 0.6) is 0 Å². The van der Waals surface area contributed by atoms with E-state index in [-0.39, 0.29) is 0 Å². The number of hydrogen-bond donors (Lipinski definition) is 0. The van der Waals surface area contributed by atoms with Crippen LogP contribution in [0.15, 0.2) is 57.9 Å². The third-order valence-electron chi connectivity index (χ3n) is 2.97. The van der Waals surface area contributed by atoms with E-state index in [2.05, 4.69) is 98.4 Å². The number of hydrogen-bond acceptors (Lipinski definition) is 0. The van der Waals surface area contributed by atoms with E-state index in [1.54, 1.807) is 0 Å². The summed E-state index contributed by atoms with van der Waals surface area (Å²) in [5, 5.41) is 2.89. The Morgan fingerprint density at radius 3 is 2.29 bits per heavy atom. The molecule has 1 aliphatic rings. The van der Waals surface area contributed by atoms with Crippen LogP contribution in [0, 0.1) is 0 Å². The van der Waals surface area contributed by atoms with Crippen molar-refractivity contribution in [1.82, 2.24) is 0 Å². The van der Waals surface area contributed by atoms with Crippen LogP contribution in [0.4, 0.5) is 0 Å². The molecule has 1 atom stereocenters. The van der Waals surface area contributed by atoms with Crippen LogP contribution in [0.25, 0.3) is 6.08 Å². The molecule has 0 radical (unpaired) electrons. The molecule has 1 aliphatic heterocycles. The fourth-order valence-corrected chi connectivity index (χ4v) is 8.69. The number of rotatable bonds is 1. The molecule has 0 aliphatic carbocycles. The molecule has 84 valence electrons. The van der Waals surface area contributed by atoms with Crippen molar-refractivity contribution in [2.45, 2.75) is 0 Å². The summed E-state index contributed by atoms with van der Waals surface area (Å²) in [5.41, 5.74) is -0.0623. The van der Waals surface area contributed by atoms with E-state index in [0.717, 1.165) is 0 Å². The van der Waals surface area contributed by atoms with Gasteiger partial charge in [-0.25, -0.2) is 0 Å². The summed E-state index contributed by atoms with van der Waals surface area (Å²) < 4.78 is 1.45. The molecule has 0 N–H and O–H groups in total. The number of halogens is 1. The molecule has 0 nitrogen and oxygen atoms in total. The van der Waals surface area contributed by atoms with E-state index < -0.39 is 5.51 Å². The monoisotopic (exact) mass is 416 g/mol. The van der Waals surface area contributed by atoms with Crippen LogP contribution < -0.4 is 10.6 Å². The first kappa shape index (κ1) is 11.9. The zero-order valence-electron chi connectivity index (χ0n) is 9.01. The first-order valence-electron chi connectivity index (χ1n) is 5.36. The van der Waals surface area contributed by atoms with Crippen molar-refractivity contribution in [3.05, 3.63) is 63.5 Å². The van der Waals surface area contributed by atoms with E-state index >= 15 is 0 Å². The van der Waals surface area contributed by atoms with Gasteiger partial charge >= 0.3 is 123 Å². The van der Waals surface area contributed by atoms with Crippen LogP contribution in [0.3, 0.4) is 0 Å². The predicted molar refractivity (Wildman–Crippen MR) is 86.8 cm³/mol. The molecular weight excluding hydrogens is 405 g/mol. The number of benzene rings is 2. The average Bonchev–Trinajstić information content (AvgIpc) is 2.64. The molecule has 3 heteroatoms. The van der Waals surface area contributed by atoms with Gasteiger partial charge < -0.3 is 0 Å². The summed E-state index contributed by atoms with van der Waals surface area (Å²) in [7, 11) is 0. The van der Waals surface area contributed by atoms with E-state index in [4.69, 9.17) is 0 Å². The molecule has 0 spiro atoms. The van der Waals surface area contributed by atoms with Gasteiger partial charge in [-0.05, 0) is 0 Å². The van der Waals surface area contributed by atoms with Crippen molar-refractivity contribution in [3.63, 3.8) is 0 Å². The Kier molecular flexibility index (Phi) is 3.16. The molecule has 2 aromatic rings. The molecule has 3 rings (SSSR count). The van der Waals surface area contributed by atoms with Crippen LogP contribution in [0.2, 0.25) is 0 Å². The van der Waals surface area contributed by atoms with Crippen molar-refractivity contribution < 1.29 is 0 Å². The van der Waals surface area contributed by atoms with Gasteiger partial charge in [0.1, 0.15) is 0 Å². The standard InChI is InChI=1S/C14H10IPSe/c15-14-10-11-6-4-5-9-13(11)16(14,17)12-7-2-1-3-8-12/h1-10H. The molecule has 1 heterocycles. The van der Waals surface area contributed by atoms with E-state index in [9.17, 15) is 0 Å². The summed E-state index contributed by atoms with van der Waals surface area (Å²) >= 11 is 6.00. The fraction of sp³-hybridized carbons (Fsp3) is 0. The second kappa shape index (κ2) is 4.51. The molecule has 2 aromatic carbocycles. The fourth-order valence-electron chi connectivity index (χ4n) is 2.13.